The average molecular weight is 617 g/mol. The van der Waals surface area contributed by atoms with Gasteiger partial charge >= 0.3 is 26.2 Å². The molecule has 0 bridgehead atoms. The molecule has 6 heavy (non-hydrogen) atoms. The van der Waals surface area contributed by atoms with Crippen molar-refractivity contribution in [3.8, 4) is 0 Å². The zero-order valence-corrected chi connectivity index (χ0v) is 16.8. The molecule has 6 heteroatoms. The second-order valence-corrected chi connectivity index (χ2v) is 0. The maximum absolute atomic E-state index is 0. The first-order chi connectivity index (χ1) is 0. The predicted molar refractivity (Wildman–Crippen MR) is 61.5 cm³/mol. The minimum absolute atomic E-state index is 0. The summed E-state index contributed by atoms with van der Waals surface area (Å²) in [4.78, 5) is 0. The van der Waals surface area contributed by atoms with Gasteiger partial charge in [-0.2, -0.15) is 0 Å². The maximum atomic E-state index is 0. The van der Waals surface area contributed by atoms with Gasteiger partial charge < -0.3 is 0 Å². The Morgan fingerprint density at radius 2 is 0.333 bits per heavy atom. The molecule has 0 nitrogen and oxygen atoms in total. The van der Waals surface area contributed by atoms with Crippen molar-refractivity contribution in [2.24, 2.45) is 0 Å². The first-order valence-corrected chi connectivity index (χ1v) is 0. The van der Waals surface area contributed by atoms with Crippen LogP contribution in [0.4, 0.5) is 0 Å². The van der Waals surface area contributed by atoms with E-state index < -0.39 is 0 Å². The molecular weight excluding hydrogens is 608 g/mol. The standard InChI is InChI=1S/Bi.5BrH.3H/h;5*1H;;;. The Bertz CT molecular complexity index is 3.90. The fraction of sp³-hybridized carbons (Fsp3) is 0. The van der Waals surface area contributed by atoms with Crippen LogP contribution in [0.2, 0.25) is 0 Å². The first kappa shape index (κ1) is 59.1. The van der Waals surface area contributed by atoms with Crippen LogP contribution in [0.3, 0.4) is 0 Å². The second kappa shape index (κ2) is 40.8. The van der Waals surface area contributed by atoms with Crippen LogP contribution in [0.15, 0.2) is 0 Å². The van der Waals surface area contributed by atoms with Crippen molar-refractivity contribution in [3.63, 3.8) is 0 Å². The third kappa shape index (κ3) is 26.7. The van der Waals surface area contributed by atoms with E-state index in [9.17, 15) is 0 Å². The van der Waals surface area contributed by atoms with Crippen molar-refractivity contribution in [2.75, 3.05) is 0 Å². The Balaban J connectivity index is 0. The van der Waals surface area contributed by atoms with Crippen LogP contribution in [0.25, 0.3) is 0 Å². The van der Waals surface area contributed by atoms with E-state index >= 15 is 0 Å². The molecule has 0 radical (unpaired) electrons. The fourth-order valence-electron chi connectivity index (χ4n) is 0. The van der Waals surface area contributed by atoms with E-state index in [1.807, 2.05) is 0 Å². The molecule has 0 saturated heterocycles. The summed E-state index contributed by atoms with van der Waals surface area (Å²) >= 11 is 0. The molecule has 0 rings (SSSR count). The molecule has 0 amide bonds. The number of hydrogen-bond donors (Lipinski definition) is 0. The van der Waals surface area contributed by atoms with E-state index in [-0.39, 0.29) is 111 Å². The summed E-state index contributed by atoms with van der Waals surface area (Å²) < 4.78 is 0. The van der Waals surface area contributed by atoms with E-state index in [4.69, 9.17) is 0 Å². The summed E-state index contributed by atoms with van der Waals surface area (Å²) in [6.45, 7) is 0. The number of hydrogen-bond acceptors (Lipinski definition) is 0. The molecule has 0 heterocycles. The van der Waals surface area contributed by atoms with E-state index in [0.717, 1.165) is 0 Å². The third-order valence-corrected chi connectivity index (χ3v) is 0. The van der Waals surface area contributed by atoms with Crippen LogP contribution in [0.1, 0.15) is 0 Å². The summed E-state index contributed by atoms with van der Waals surface area (Å²) in [5.74, 6) is 0. The quantitative estimate of drug-likeness (QED) is 0.364. The van der Waals surface area contributed by atoms with Gasteiger partial charge in [-0.3, -0.25) is 0 Å². The molecule has 0 aromatic heterocycles. The van der Waals surface area contributed by atoms with Crippen molar-refractivity contribution in [3.05, 3.63) is 0 Å². The Morgan fingerprint density at radius 1 is 0.333 bits per heavy atom. The SMILES string of the molecule is Br.Br.Br.Br.Br.[BiH3]. The predicted octanol–water partition coefficient (Wildman–Crippen LogP) is 1.71. The van der Waals surface area contributed by atoms with E-state index in [2.05, 4.69) is 0 Å². The van der Waals surface area contributed by atoms with Crippen LogP contribution in [0, 0.1) is 0 Å². The van der Waals surface area contributed by atoms with Crippen LogP contribution in [-0.4, -0.2) is 26.2 Å². The van der Waals surface area contributed by atoms with E-state index in [1.165, 1.54) is 0 Å². The number of halogens is 5. The molecule has 0 saturated carbocycles. The molecular formula is H8BiBr5. The first-order valence-electron chi connectivity index (χ1n) is 0. The average Bonchev–Trinajstić information content (AvgIpc) is 0. The molecule has 0 aromatic rings. The van der Waals surface area contributed by atoms with Crippen LogP contribution in [-0.2, 0) is 0 Å². The van der Waals surface area contributed by atoms with Crippen molar-refractivity contribution in [2.45, 2.75) is 0 Å². The zero-order valence-electron chi connectivity index (χ0n) is 2.75. The van der Waals surface area contributed by atoms with Gasteiger partial charge in [0.05, 0.1) is 0 Å². The molecule has 0 atom stereocenters. The molecule has 0 aliphatic heterocycles. The Kier molecular flexibility index (Phi) is 401. The molecule has 0 fully saturated rings. The van der Waals surface area contributed by atoms with Gasteiger partial charge in [0.1, 0.15) is 0 Å². The van der Waals surface area contributed by atoms with Gasteiger partial charge in [-0.1, -0.05) is 0 Å². The summed E-state index contributed by atoms with van der Waals surface area (Å²) in [5, 5.41) is 0. The Hall–Kier alpha value is 3.28. The van der Waals surface area contributed by atoms with Crippen LogP contribution < -0.4 is 0 Å². The molecule has 0 aromatic carbocycles. The Labute approximate surface area is 109 Å². The van der Waals surface area contributed by atoms with Crippen molar-refractivity contribution in [1.29, 1.82) is 0 Å². The molecule has 48 valence electrons. The summed E-state index contributed by atoms with van der Waals surface area (Å²) in [6.07, 6.45) is 0. The van der Waals surface area contributed by atoms with Gasteiger partial charge in [0.25, 0.3) is 0 Å². The van der Waals surface area contributed by atoms with Crippen molar-refractivity contribution >= 4 is 111 Å². The number of rotatable bonds is 0. The van der Waals surface area contributed by atoms with E-state index in [0.29, 0.717) is 0 Å². The minimum atomic E-state index is 0. The van der Waals surface area contributed by atoms with Gasteiger partial charge in [-0.25, -0.2) is 0 Å². The molecule has 0 aliphatic rings. The van der Waals surface area contributed by atoms with Gasteiger partial charge in [0.2, 0.25) is 0 Å². The normalized spacial score (nSPS) is 0. The third-order valence-electron chi connectivity index (χ3n) is 0. The molecule has 0 unspecified atom stereocenters. The summed E-state index contributed by atoms with van der Waals surface area (Å²) in [7, 11) is 0. The van der Waals surface area contributed by atoms with Gasteiger partial charge in [0.15, 0.2) is 0 Å². The monoisotopic (exact) mass is 612 g/mol. The molecule has 0 N–H and O–H groups in total. The fourth-order valence-corrected chi connectivity index (χ4v) is 0. The topological polar surface area (TPSA) is 0 Å². The van der Waals surface area contributed by atoms with Crippen molar-refractivity contribution < 1.29 is 0 Å². The second-order valence-electron chi connectivity index (χ2n) is 0. The molecule has 0 spiro atoms. The Morgan fingerprint density at radius 3 is 0.333 bits per heavy atom. The van der Waals surface area contributed by atoms with Gasteiger partial charge in [-0.05, 0) is 0 Å². The van der Waals surface area contributed by atoms with Gasteiger partial charge in [0, 0.05) is 0 Å². The summed E-state index contributed by atoms with van der Waals surface area (Å²) in [5.41, 5.74) is 0. The van der Waals surface area contributed by atoms with Crippen molar-refractivity contribution in [1.82, 2.24) is 0 Å². The molecule has 0 aliphatic carbocycles. The van der Waals surface area contributed by atoms with Crippen LogP contribution >= 0.6 is 84.9 Å². The van der Waals surface area contributed by atoms with Gasteiger partial charge in [-0.15, -0.1) is 84.9 Å². The zero-order chi connectivity index (χ0) is 0. The van der Waals surface area contributed by atoms with Crippen LogP contribution in [0.5, 0.6) is 0 Å². The summed E-state index contributed by atoms with van der Waals surface area (Å²) in [6, 6.07) is 0. The van der Waals surface area contributed by atoms with E-state index in [1.54, 1.807) is 0 Å².